The molecule has 0 fully saturated rings. The lowest BCUT2D eigenvalue weighted by Gasteiger charge is -2.41. The van der Waals surface area contributed by atoms with Crippen LogP contribution in [0.2, 0.25) is 12.6 Å². The third-order valence-electron chi connectivity index (χ3n) is 8.43. The molecule has 2 N–H and O–H groups in total. The highest BCUT2D eigenvalue weighted by Gasteiger charge is 2.43. The van der Waals surface area contributed by atoms with Crippen molar-refractivity contribution in [2.24, 2.45) is 0 Å². The van der Waals surface area contributed by atoms with E-state index in [9.17, 15) is 19.5 Å². The predicted molar refractivity (Wildman–Crippen MR) is 186 cm³/mol. The Morgan fingerprint density at radius 3 is 2.48 bits per heavy atom. The average Bonchev–Trinajstić information content (AvgIpc) is 3.02. The summed E-state index contributed by atoms with van der Waals surface area (Å²) in [5.41, 5.74) is 6.06. The fraction of sp³-hybridized carbons (Fsp3) is 0.371. The molecule has 9 nitrogen and oxygen atoms in total. The third-order valence-corrected chi connectivity index (χ3v) is 14.2. The van der Waals surface area contributed by atoms with Crippen LogP contribution < -0.4 is 20.5 Å². The minimum absolute atomic E-state index is 0.0526. The maximum absolute atomic E-state index is 12.4. The van der Waals surface area contributed by atoms with Crippen molar-refractivity contribution < 1.29 is 33.9 Å². The van der Waals surface area contributed by atoms with E-state index in [-0.39, 0.29) is 31.1 Å². The monoisotopic (exact) mass is 661 g/mol. The van der Waals surface area contributed by atoms with Gasteiger partial charge < -0.3 is 30.0 Å². The highest BCUT2D eigenvalue weighted by Crippen LogP contribution is 2.44. The molecular formula is C35H43N3O6SSi. The Balaban J connectivity index is 1.61. The van der Waals surface area contributed by atoms with E-state index in [0.717, 1.165) is 39.9 Å². The third kappa shape index (κ3) is 8.07. The Morgan fingerprint density at radius 2 is 1.78 bits per heavy atom. The molecule has 1 amide bonds. The van der Waals surface area contributed by atoms with Crippen LogP contribution >= 0.6 is 11.8 Å². The Labute approximate surface area is 276 Å². The van der Waals surface area contributed by atoms with Gasteiger partial charge in [0.25, 0.3) is 0 Å². The summed E-state index contributed by atoms with van der Waals surface area (Å²) in [4.78, 5) is 37.3. The first-order chi connectivity index (χ1) is 21.9. The predicted octanol–water partition coefficient (Wildman–Crippen LogP) is 2.70. The van der Waals surface area contributed by atoms with E-state index in [1.807, 2.05) is 40.3 Å². The maximum Gasteiger partial charge on any atom is 0.305 e. The van der Waals surface area contributed by atoms with Crippen molar-refractivity contribution in [1.29, 1.82) is 0 Å². The number of carboxylic acid groups (broad SMARTS) is 2. The first-order valence-corrected chi connectivity index (χ1v) is 19.3. The van der Waals surface area contributed by atoms with Crippen LogP contribution in [0.4, 0.5) is 5.69 Å². The molecule has 1 unspecified atom stereocenters. The number of carbonyl (C=O) groups excluding carboxylic acids is 2. The van der Waals surface area contributed by atoms with Gasteiger partial charge in [-0.15, -0.1) is 0 Å². The number of aromatic carboxylic acids is 1. The molecular weight excluding hydrogens is 619 g/mol. The van der Waals surface area contributed by atoms with Crippen LogP contribution in [0.15, 0.2) is 71.5 Å². The van der Waals surface area contributed by atoms with Gasteiger partial charge in [-0.2, -0.15) is 11.8 Å². The van der Waals surface area contributed by atoms with E-state index < -0.39 is 20.0 Å². The highest BCUT2D eigenvalue weighted by atomic mass is 32.2. The largest absolute Gasteiger partial charge is 0.545 e. The first-order valence-electron chi connectivity index (χ1n) is 15.4. The molecule has 0 aromatic heterocycles. The lowest BCUT2D eigenvalue weighted by molar-refractivity contribution is -0.462. The topological polar surface area (TPSA) is 122 Å². The van der Waals surface area contributed by atoms with Crippen LogP contribution in [0.1, 0.15) is 34.3 Å². The minimum Gasteiger partial charge on any atom is -0.545 e. The van der Waals surface area contributed by atoms with Gasteiger partial charge in [-0.05, 0) is 62.7 Å². The SMILES string of the molecule is CN(C)c1ccc2c(c1)[Si](C)(CCSCCC(=O)NCCOCCC(=O)O)C1=CC(=[N+](C)C)C=CC1=C2c1ccccc1C(=O)[O-]. The number of carbonyl (C=O) groups is 3. The normalized spacial score (nSPS) is 16.8. The van der Waals surface area contributed by atoms with Gasteiger partial charge in [0, 0.05) is 56.2 Å². The molecule has 244 valence electrons. The quantitative estimate of drug-likeness (QED) is 0.170. The van der Waals surface area contributed by atoms with Crippen LogP contribution in [0.3, 0.4) is 0 Å². The summed E-state index contributed by atoms with van der Waals surface area (Å²) in [5, 5.41) is 26.3. The average molecular weight is 662 g/mol. The number of thioether (sulfide) groups is 1. The number of fused-ring (bicyclic) bond motifs is 2. The number of hydrogen-bond acceptors (Lipinski definition) is 7. The summed E-state index contributed by atoms with van der Waals surface area (Å²) >= 11 is 1.76. The zero-order valence-corrected chi connectivity index (χ0v) is 29.0. The van der Waals surface area contributed by atoms with Gasteiger partial charge in [0.05, 0.1) is 25.6 Å². The van der Waals surface area contributed by atoms with Crippen LogP contribution in [0.5, 0.6) is 0 Å². The molecule has 1 aliphatic carbocycles. The molecule has 4 rings (SSSR count). The fourth-order valence-electron chi connectivity index (χ4n) is 5.85. The second-order valence-electron chi connectivity index (χ2n) is 12.0. The van der Waals surface area contributed by atoms with Gasteiger partial charge in [-0.3, -0.25) is 9.59 Å². The van der Waals surface area contributed by atoms with Gasteiger partial charge in [0.2, 0.25) is 5.91 Å². The van der Waals surface area contributed by atoms with E-state index in [4.69, 9.17) is 9.84 Å². The van der Waals surface area contributed by atoms with Crippen molar-refractivity contribution in [2.45, 2.75) is 25.4 Å². The fourth-order valence-corrected chi connectivity index (χ4v) is 12.0. The van der Waals surface area contributed by atoms with Crippen molar-refractivity contribution >= 4 is 59.8 Å². The number of nitrogens with zero attached hydrogens (tertiary/aromatic N) is 2. The standard InChI is InChI=1S/C35H43N3O6SSi/c1-37(2)24-10-12-28-30(22-24)46(5,21-20-45-19-15-32(39)36-16-18-44-17-14-33(40)41)31-23-25(38(3)4)11-13-29(31)34(28)26-8-6-7-9-27(26)35(42)43/h6-13,22-23H,14-21H2,1-5H3,(H2-,36,39,40,41,42,43). The zero-order valence-electron chi connectivity index (χ0n) is 27.2. The van der Waals surface area contributed by atoms with E-state index in [2.05, 4.69) is 57.8 Å². The lowest BCUT2D eigenvalue weighted by atomic mass is 9.87. The van der Waals surface area contributed by atoms with E-state index in [0.29, 0.717) is 24.3 Å². The summed E-state index contributed by atoms with van der Waals surface area (Å²) in [6.07, 6.45) is 6.85. The molecule has 0 spiro atoms. The lowest BCUT2D eigenvalue weighted by Crippen LogP contribution is -2.52. The van der Waals surface area contributed by atoms with Crippen LogP contribution in [0, 0.1) is 0 Å². The summed E-state index contributed by atoms with van der Waals surface area (Å²) in [6, 6.07) is 14.6. The van der Waals surface area contributed by atoms with Gasteiger partial charge in [0.15, 0.2) is 5.71 Å². The number of anilines is 1. The number of aliphatic carboxylic acids is 1. The smallest absolute Gasteiger partial charge is 0.305 e. The number of carboxylic acids is 2. The highest BCUT2D eigenvalue weighted by molar-refractivity contribution is 7.99. The first kappa shape index (κ1) is 34.9. The van der Waals surface area contributed by atoms with E-state index in [1.54, 1.807) is 23.9 Å². The van der Waals surface area contributed by atoms with Gasteiger partial charge in [0.1, 0.15) is 22.2 Å². The molecule has 11 heteroatoms. The van der Waals surface area contributed by atoms with Crippen molar-refractivity contribution in [3.8, 4) is 0 Å². The number of amides is 1. The Hall–Kier alpha value is -3.93. The van der Waals surface area contributed by atoms with Crippen molar-refractivity contribution in [2.75, 3.05) is 64.4 Å². The molecule has 1 aliphatic heterocycles. The molecule has 0 radical (unpaired) electrons. The minimum atomic E-state index is -2.39. The molecule has 2 aromatic rings. The number of ether oxygens (including phenoxy) is 1. The number of rotatable bonds is 15. The number of benzene rings is 2. The van der Waals surface area contributed by atoms with Crippen LogP contribution in [-0.2, 0) is 14.3 Å². The summed E-state index contributed by atoms with van der Waals surface area (Å²) in [7, 11) is 5.73. The van der Waals surface area contributed by atoms with Crippen LogP contribution in [-0.4, -0.2) is 101 Å². The number of allylic oxidation sites excluding steroid dienone is 5. The summed E-state index contributed by atoms with van der Waals surface area (Å²) < 4.78 is 7.34. The van der Waals surface area contributed by atoms with Crippen molar-refractivity contribution in [3.05, 3.63) is 88.2 Å². The molecule has 46 heavy (non-hydrogen) atoms. The molecule has 0 saturated heterocycles. The van der Waals surface area contributed by atoms with Gasteiger partial charge in [-0.25, -0.2) is 4.58 Å². The Morgan fingerprint density at radius 1 is 1.02 bits per heavy atom. The molecule has 1 atom stereocenters. The molecule has 0 saturated carbocycles. The molecule has 2 aliphatic rings. The van der Waals surface area contributed by atoms with Gasteiger partial charge in [-0.1, -0.05) is 36.9 Å². The molecule has 2 aromatic carbocycles. The second-order valence-corrected chi connectivity index (χ2v) is 17.5. The second kappa shape index (κ2) is 15.6. The van der Waals surface area contributed by atoms with E-state index >= 15 is 0 Å². The number of nitrogens with one attached hydrogen (secondary N) is 1. The Bertz CT molecular complexity index is 1630. The number of hydrogen-bond donors (Lipinski definition) is 2. The molecule has 0 bridgehead atoms. The van der Waals surface area contributed by atoms with Crippen molar-refractivity contribution in [1.82, 2.24) is 5.32 Å². The zero-order chi connectivity index (χ0) is 33.4. The van der Waals surface area contributed by atoms with Crippen LogP contribution in [0.25, 0.3) is 5.57 Å². The molecule has 1 heterocycles. The van der Waals surface area contributed by atoms with E-state index in [1.165, 1.54) is 10.4 Å². The van der Waals surface area contributed by atoms with Crippen molar-refractivity contribution in [3.63, 3.8) is 0 Å². The summed E-state index contributed by atoms with van der Waals surface area (Å²) in [6.45, 7) is 3.17. The maximum atomic E-state index is 12.4. The summed E-state index contributed by atoms with van der Waals surface area (Å²) in [5.74, 6) is -0.603. The van der Waals surface area contributed by atoms with Gasteiger partial charge >= 0.3 is 5.97 Å². The Kier molecular flexibility index (Phi) is 11.8.